The Labute approximate surface area is 83.2 Å². The second kappa shape index (κ2) is 4.47. The van der Waals surface area contributed by atoms with Gasteiger partial charge in [-0.15, -0.1) is 0 Å². The predicted molar refractivity (Wildman–Crippen MR) is 55.2 cm³/mol. The summed E-state index contributed by atoms with van der Waals surface area (Å²) < 4.78 is 1.66. The Morgan fingerprint density at radius 1 is 1.46 bits per heavy atom. The van der Waals surface area contributed by atoms with Gasteiger partial charge in [-0.05, 0) is 18.4 Å². The lowest BCUT2D eigenvalue weighted by atomic mass is 10.1. The normalized spacial score (nSPS) is 10.8. The van der Waals surface area contributed by atoms with Crippen molar-refractivity contribution in [1.29, 1.82) is 0 Å². The summed E-state index contributed by atoms with van der Waals surface area (Å²) in [5.74, 6) is 0.603. The molecule has 0 fully saturated rings. The molecule has 13 heavy (non-hydrogen) atoms. The minimum absolute atomic E-state index is 0.0186. The minimum atomic E-state index is 0.0186. The molecule has 0 atom stereocenters. The Morgan fingerprint density at radius 2 is 2.15 bits per heavy atom. The van der Waals surface area contributed by atoms with Crippen LogP contribution in [0.3, 0.4) is 0 Å². The van der Waals surface area contributed by atoms with Crippen LogP contribution in [0, 0.1) is 5.92 Å². The van der Waals surface area contributed by atoms with Gasteiger partial charge in [-0.3, -0.25) is 4.79 Å². The molecule has 1 aromatic rings. The first-order valence-electron chi connectivity index (χ1n) is 4.45. The summed E-state index contributed by atoms with van der Waals surface area (Å²) >= 11 is 5.77. The number of hydrogen-bond acceptors (Lipinski definition) is 1. The van der Waals surface area contributed by atoms with E-state index in [0.717, 1.165) is 13.0 Å². The number of aromatic nitrogens is 1. The van der Waals surface area contributed by atoms with Crippen LogP contribution in [0.2, 0.25) is 5.02 Å². The van der Waals surface area contributed by atoms with Crippen molar-refractivity contribution in [1.82, 2.24) is 4.57 Å². The minimum Gasteiger partial charge on any atom is -0.314 e. The molecule has 0 radical (unpaired) electrons. The molecule has 0 spiro atoms. The average Bonchev–Trinajstić information content (AvgIpc) is 2.06. The largest absolute Gasteiger partial charge is 0.314 e. The molecule has 0 aliphatic carbocycles. The number of aryl methyl sites for hydroxylation is 1. The molecule has 1 rings (SSSR count). The second-order valence-corrected chi connectivity index (χ2v) is 4.00. The number of pyridine rings is 1. The van der Waals surface area contributed by atoms with Crippen LogP contribution in [-0.4, -0.2) is 4.57 Å². The number of nitrogens with zero attached hydrogens (tertiary/aromatic N) is 1. The van der Waals surface area contributed by atoms with Gasteiger partial charge in [0.1, 0.15) is 0 Å². The van der Waals surface area contributed by atoms with Crippen LogP contribution in [0.5, 0.6) is 0 Å². The first-order chi connectivity index (χ1) is 6.09. The van der Waals surface area contributed by atoms with Crippen LogP contribution >= 0.6 is 11.6 Å². The van der Waals surface area contributed by atoms with Gasteiger partial charge in [0, 0.05) is 18.8 Å². The van der Waals surface area contributed by atoms with Crippen molar-refractivity contribution in [3.63, 3.8) is 0 Å². The summed E-state index contributed by atoms with van der Waals surface area (Å²) in [6.45, 7) is 5.02. The summed E-state index contributed by atoms with van der Waals surface area (Å²) in [6.07, 6.45) is 2.69. The molecule has 0 saturated heterocycles. The van der Waals surface area contributed by atoms with Crippen molar-refractivity contribution >= 4 is 11.6 Å². The Kier molecular flexibility index (Phi) is 3.55. The average molecular weight is 200 g/mol. The molecule has 72 valence electrons. The summed E-state index contributed by atoms with van der Waals surface area (Å²) in [7, 11) is 0. The van der Waals surface area contributed by atoms with Crippen LogP contribution < -0.4 is 5.56 Å². The third-order valence-corrected chi connectivity index (χ3v) is 2.12. The van der Waals surface area contributed by atoms with E-state index >= 15 is 0 Å². The zero-order valence-electron chi connectivity index (χ0n) is 7.96. The number of hydrogen-bond donors (Lipinski definition) is 0. The number of rotatable bonds is 3. The molecule has 3 heteroatoms. The van der Waals surface area contributed by atoms with Crippen molar-refractivity contribution < 1.29 is 0 Å². The first-order valence-corrected chi connectivity index (χ1v) is 4.83. The Hall–Kier alpha value is -0.760. The molecule has 1 aromatic heterocycles. The maximum absolute atomic E-state index is 11.3. The molecule has 0 aliphatic rings. The summed E-state index contributed by atoms with van der Waals surface area (Å²) in [5, 5.41) is 0.614. The van der Waals surface area contributed by atoms with Gasteiger partial charge in [0.2, 0.25) is 0 Å². The molecule has 0 aromatic carbocycles. The van der Waals surface area contributed by atoms with Crippen LogP contribution in [0.4, 0.5) is 0 Å². The molecule has 2 nitrogen and oxygen atoms in total. The molecular formula is C10H14ClNO. The van der Waals surface area contributed by atoms with Crippen molar-refractivity contribution in [2.75, 3.05) is 0 Å². The Balaban J connectivity index is 2.76. The van der Waals surface area contributed by atoms with Crippen molar-refractivity contribution in [3.8, 4) is 0 Å². The smallest absolute Gasteiger partial charge is 0.250 e. The van der Waals surface area contributed by atoms with E-state index in [4.69, 9.17) is 11.6 Å². The molecule has 0 bridgehead atoms. The van der Waals surface area contributed by atoms with Gasteiger partial charge >= 0.3 is 0 Å². The van der Waals surface area contributed by atoms with Gasteiger partial charge in [-0.2, -0.15) is 0 Å². The Bertz CT molecular complexity index is 330. The Morgan fingerprint density at radius 3 is 2.77 bits per heavy atom. The fourth-order valence-electron chi connectivity index (χ4n) is 1.07. The lowest BCUT2D eigenvalue weighted by Crippen LogP contribution is -2.18. The van der Waals surface area contributed by atoms with E-state index < -0.39 is 0 Å². The van der Waals surface area contributed by atoms with Crippen LogP contribution in [-0.2, 0) is 6.54 Å². The first kappa shape index (κ1) is 10.3. The standard InChI is InChI=1S/C10H14ClNO/c1-8(2)5-6-12-7-9(11)3-4-10(12)13/h3-4,7-8H,5-6H2,1-2H3. The maximum atomic E-state index is 11.3. The van der Waals surface area contributed by atoms with Gasteiger partial charge in [0.05, 0.1) is 5.02 Å². The third kappa shape index (κ3) is 3.23. The highest BCUT2D eigenvalue weighted by Gasteiger charge is 1.98. The van der Waals surface area contributed by atoms with Gasteiger partial charge in [-0.25, -0.2) is 0 Å². The summed E-state index contributed by atoms with van der Waals surface area (Å²) in [4.78, 5) is 11.3. The van der Waals surface area contributed by atoms with Crippen LogP contribution in [0.25, 0.3) is 0 Å². The van der Waals surface area contributed by atoms with E-state index in [-0.39, 0.29) is 5.56 Å². The molecule has 0 saturated carbocycles. The molecule has 1 heterocycles. The quantitative estimate of drug-likeness (QED) is 0.734. The fraction of sp³-hybridized carbons (Fsp3) is 0.500. The van der Waals surface area contributed by atoms with Crippen molar-refractivity contribution in [2.45, 2.75) is 26.8 Å². The molecule has 0 aliphatic heterocycles. The molecule has 0 N–H and O–H groups in total. The fourth-order valence-corrected chi connectivity index (χ4v) is 1.25. The van der Waals surface area contributed by atoms with E-state index in [1.807, 2.05) is 0 Å². The van der Waals surface area contributed by atoms with Gasteiger partial charge in [-0.1, -0.05) is 25.4 Å². The highest BCUT2D eigenvalue weighted by molar-refractivity contribution is 6.30. The molecular weight excluding hydrogens is 186 g/mol. The van der Waals surface area contributed by atoms with E-state index in [2.05, 4.69) is 13.8 Å². The number of halogens is 1. The SMILES string of the molecule is CC(C)CCn1cc(Cl)ccc1=O. The van der Waals surface area contributed by atoms with Crippen LogP contribution in [0.15, 0.2) is 23.1 Å². The van der Waals surface area contributed by atoms with Crippen molar-refractivity contribution in [2.24, 2.45) is 5.92 Å². The monoisotopic (exact) mass is 199 g/mol. The van der Waals surface area contributed by atoms with E-state index in [1.165, 1.54) is 6.07 Å². The van der Waals surface area contributed by atoms with E-state index in [0.29, 0.717) is 10.9 Å². The van der Waals surface area contributed by atoms with Crippen molar-refractivity contribution in [3.05, 3.63) is 33.7 Å². The lowest BCUT2D eigenvalue weighted by molar-refractivity contribution is 0.508. The molecule has 0 unspecified atom stereocenters. The lowest BCUT2D eigenvalue weighted by Gasteiger charge is -2.07. The predicted octanol–water partition coefficient (Wildman–Crippen LogP) is 2.55. The summed E-state index contributed by atoms with van der Waals surface area (Å²) in [5.41, 5.74) is 0.0186. The second-order valence-electron chi connectivity index (χ2n) is 3.56. The molecule has 0 amide bonds. The maximum Gasteiger partial charge on any atom is 0.250 e. The van der Waals surface area contributed by atoms with Crippen LogP contribution in [0.1, 0.15) is 20.3 Å². The van der Waals surface area contributed by atoms with Gasteiger partial charge in [0.15, 0.2) is 0 Å². The topological polar surface area (TPSA) is 22.0 Å². The highest BCUT2D eigenvalue weighted by Crippen LogP contribution is 2.05. The van der Waals surface area contributed by atoms with E-state index in [9.17, 15) is 4.79 Å². The summed E-state index contributed by atoms with van der Waals surface area (Å²) in [6, 6.07) is 3.12. The zero-order valence-corrected chi connectivity index (χ0v) is 8.71. The highest BCUT2D eigenvalue weighted by atomic mass is 35.5. The zero-order chi connectivity index (χ0) is 9.84. The van der Waals surface area contributed by atoms with Gasteiger partial charge < -0.3 is 4.57 Å². The third-order valence-electron chi connectivity index (χ3n) is 1.89. The van der Waals surface area contributed by atoms with Gasteiger partial charge in [0.25, 0.3) is 5.56 Å². The van der Waals surface area contributed by atoms with E-state index in [1.54, 1.807) is 16.8 Å².